The maximum Gasteiger partial charge on any atom is 0.319 e. The summed E-state index contributed by atoms with van der Waals surface area (Å²) in [6.45, 7) is 6.94. The molecule has 1 aromatic rings. The maximum atomic E-state index is 11.9. The summed E-state index contributed by atoms with van der Waals surface area (Å²) in [6, 6.07) is 7.66. The van der Waals surface area contributed by atoms with Crippen molar-refractivity contribution in [3.8, 4) is 0 Å². The van der Waals surface area contributed by atoms with E-state index in [9.17, 15) is 9.90 Å². The zero-order valence-electron chi connectivity index (χ0n) is 13.6. The smallest absolute Gasteiger partial charge is 0.319 e. The lowest BCUT2D eigenvalue weighted by Crippen LogP contribution is -2.48. The van der Waals surface area contributed by atoms with E-state index in [-0.39, 0.29) is 12.6 Å². The number of amides is 2. The summed E-state index contributed by atoms with van der Waals surface area (Å²) in [4.78, 5) is 14.4. The monoisotopic (exact) mass is 305 g/mol. The number of urea groups is 1. The van der Waals surface area contributed by atoms with Crippen molar-refractivity contribution in [3.05, 3.63) is 29.8 Å². The Morgan fingerprint density at radius 3 is 2.73 bits per heavy atom. The topological polar surface area (TPSA) is 64.6 Å². The molecule has 2 rings (SSSR count). The highest BCUT2D eigenvalue weighted by Crippen LogP contribution is 2.14. The summed E-state index contributed by atoms with van der Waals surface area (Å²) in [5, 5.41) is 14.7. The lowest BCUT2D eigenvalue weighted by atomic mass is 10.1. The van der Waals surface area contributed by atoms with Crippen molar-refractivity contribution in [3.63, 3.8) is 0 Å². The fourth-order valence-corrected chi connectivity index (χ4v) is 2.61. The lowest BCUT2D eigenvalue weighted by Gasteiger charge is -2.23. The molecule has 1 fully saturated rings. The molecule has 3 N–H and O–H groups in total. The highest BCUT2D eigenvalue weighted by molar-refractivity contribution is 5.89. The van der Waals surface area contributed by atoms with E-state index < -0.39 is 5.54 Å². The molecule has 0 spiro atoms. The minimum atomic E-state index is -0.628. The van der Waals surface area contributed by atoms with Crippen molar-refractivity contribution in [2.24, 2.45) is 0 Å². The molecule has 122 valence electrons. The molecule has 1 aliphatic rings. The Bertz CT molecular complexity index is 496. The second kappa shape index (κ2) is 7.61. The number of aliphatic hydroxyl groups excluding tert-OH is 1. The quantitative estimate of drug-likeness (QED) is 0.755. The summed E-state index contributed by atoms with van der Waals surface area (Å²) >= 11 is 0. The van der Waals surface area contributed by atoms with E-state index >= 15 is 0 Å². The summed E-state index contributed by atoms with van der Waals surface area (Å²) < 4.78 is 0. The molecule has 0 saturated carbocycles. The van der Waals surface area contributed by atoms with Gasteiger partial charge in [0.2, 0.25) is 0 Å². The Balaban J connectivity index is 1.86. The molecule has 0 unspecified atom stereocenters. The molecule has 0 aromatic heterocycles. The molecular formula is C17H27N3O2. The fraction of sp³-hybridized carbons (Fsp3) is 0.588. The van der Waals surface area contributed by atoms with Gasteiger partial charge in [0.05, 0.1) is 12.1 Å². The van der Waals surface area contributed by atoms with Crippen LogP contribution in [0.25, 0.3) is 0 Å². The van der Waals surface area contributed by atoms with E-state index in [0.29, 0.717) is 0 Å². The SMILES string of the molecule is CC(C)(CO)NC(=O)Nc1cccc(CCN2CCCC2)c1. The van der Waals surface area contributed by atoms with Gasteiger partial charge in [-0.1, -0.05) is 12.1 Å². The van der Waals surface area contributed by atoms with Crippen LogP contribution in [0.4, 0.5) is 10.5 Å². The van der Waals surface area contributed by atoms with Crippen LogP contribution in [-0.4, -0.2) is 47.8 Å². The van der Waals surface area contributed by atoms with Crippen molar-refractivity contribution < 1.29 is 9.90 Å². The molecule has 22 heavy (non-hydrogen) atoms. The van der Waals surface area contributed by atoms with Crippen LogP contribution in [-0.2, 0) is 6.42 Å². The van der Waals surface area contributed by atoms with Gasteiger partial charge >= 0.3 is 6.03 Å². The molecule has 5 heteroatoms. The number of carbonyl (C=O) groups excluding carboxylic acids is 1. The number of nitrogens with zero attached hydrogens (tertiary/aromatic N) is 1. The number of rotatable bonds is 6. The number of hydrogen-bond donors (Lipinski definition) is 3. The minimum absolute atomic E-state index is 0.101. The highest BCUT2D eigenvalue weighted by Gasteiger charge is 2.19. The molecule has 1 aliphatic heterocycles. The number of aliphatic hydroxyl groups is 1. The summed E-state index contributed by atoms with van der Waals surface area (Å²) in [5.74, 6) is 0. The van der Waals surface area contributed by atoms with Gasteiger partial charge in [-0.3, -0.25) is 0 Å². The predicted octanol–water partition coefficient (Wildman–Crippen LogP) is 2.22. The van der Waals surface area contributed by atoms with Crippen molar-refractivity contribution in [2.75, 3.05) is 31.6 Å². The van der Waals surface area contributed by atoms with Gasteiger partial charge in [-0.2, -0.15) is 0 Å². The average Bonchev–Trinajstić information content (AvgIpc) is 2.98. The molecular weight excluding hydrogens is 278 g/mol. The van der Waals surface area contributed by atoms with Gasteiger partial charge in [0.15, 0.2) is 0 Å². The van der Waals surface area contributed by atoms with Crippen LogP contribution in [0.5, 0.6) is 0 Å². The second-order valence-electron chi connectivity index (χ2n) is 6.62. The first-order chi connectivity index (χ1) is 10.5. The summed E-state index contributed by atoms with van der Waals surface area (Å²) in [5.41, 5.74) is 1.38. The molecule has 1 saturated heterocycles. The van der Waals surface area contributed by atoms with E-state index in [1.54, 1.807) is 13.8 Å². The first-order valence-electron chi connectivity index (χ1n) is 8.00. The molecule has 0 bridgehead atoms. The molecule has 0 atom stereocenters. The molecule has 5 nitrogen and oxygen atoms in total. The van der Waals surface area contributed by atoms with Gasteiger partial charge in [-0.05, 0) is 63.9 Å². The number of likely N-dealkylation sites (tertiary alicyclic amines) is 1. The normalized spacial score (nSPS) is 15.8. The van der Waals surface area contributed by atoms with Gasteiger partial charge in [0.1, 0.15) is 0 Å². The van der Waals surface area contributed by atoms with Gasteiger partial charge in [-0.25, -0.2) is 4.79 Å². The van der Waals surface area contributed by atoms with Gasteiger partial charge in [-0.15, -0.1) is 0 Å². The number of benzene rings is 1. The first kappa shape index (κ1) is 16.8. The number of anilines is 1. The van der Waals surface area contributed by atoms with E-state index in [2.05, 4.69) is 21.6 Å². The third-order valence-electron chi connectivity index (χ3n) is 3.95. The fourth-order valence-electron chi connectivity index (χ4n) is 2.61. The van der Waals surface area contributed by atoms with E-state index in [1.807, 2.05) is 18.2 Å². The van der Waals surface area contributed by atoms with Crippen LogP contribution in [0.1, 0.15) is 32.3 Å². The highest BCUT2D eigenvalue weighted by atomic mass is 16.3. The van der Waals surface area contributed by atoms with E-state index in [1.165, 1.54) is 31.5 Å². The van der Waals surface area contributed by atoms with Crippen molar-refractivity contribution in [1.29, 1.82) is 0 Å². The Kier molecular flexibility index (Phi) is 5.80. The average molecular weight is 305 g/mol. The second-order valence-corrected chi connectivity index (χ2v) is 6.62. The summed E-state index contributed by atoms with van der Waals surface area (Å²) in [7, 11) is 0. The van der Waals surface area contributed by atoms with E-state index in [0.717, 1.165) is 18.7 Å². The van der Waals surface area contributed by atoms with Crippen LogP contribution in [0.2, 0.25) is 0 Å². The third-order valence-corrected chi connectivity index (χ3v) is 3.95. The van der Waals surface area contributed by atoms with Crippen LogP contribution in [0, 0.1) is 0 Å². The van der Waals surface area contributed by atoms with Gasteiger partial charge < -0.3 is 20.6 Å². The number of nitrogens with one attached hydrogen (secondary N) is 2. The summed E-state index contributed by atoms with van der Waals surface area (Å²) in [6.07, 6.45) is 3.62. The minimum Gasteiger partial charge on any atom is -0.394 e. The zero-order valence-corrected chi connectivity index (χ0v) is 13.6. The van der Waals surface area contributed by atoms with Crippen LogP contribution in [0.3, 0.4) is 0 Å². The van der Waals surface area contributed by atoms with E-state index in [4.69, 9.17) is 0 Å². The van der Waals surface area contributed by atoms with Crippen LogP contribution < -0.4 is 10.6 Å². The molecule has 0 radical (unpaired) electrons. The Hall–Kier alpha value is -1.59. The first-order valence-corrected chi connectivity index (χ1v) is 8.00. The lowest BCUT2D eigenvalue weighted by molar-refractivity contribution is 0.187. The molecule has 0 aliphatic carbocycles. The molecule has 1 aromatic carbocycles. The number of hydrogen-bond acceptors (Lipinski definition) is 3. The standard InChI is InChI=1S/C17H27N3O2/c1-17(2,13-21)19-16(22)18-15-7-5-6-14(12-15)8-11-20-9-3-4-10-20/h5-7,12,21H,3-4,8-11,13H2,1-2H3,(H2,18,19,22). The molecule has 2 amide bonds. The van der Waals surface area contributed by atoms with Crippen molar-refractivity contribution in [2.45, 2.75) is 38.6 Å². The van der Waals surface area contributed by atoms with Crippen LogP contribution in [0.15, 0.2) is 24.3 Å². The third kappa shape index (κ3) is 5.31. The number of carbonyl (C=O) groups is 1. The van der Waals surface area contributed by atoms with Crippen LogP contribution >= 0.6 is 0 Å². The van der Waals surface area contributed by atoms with Gasteiger partial charge in [0, 0.05) is 12.2 Å². The predicted molar refractivity (Wildman–Crippen MR) is 89.1 cm³/mol. The molecule has 1 heterocycles. The Labute approximate surface area is 132 Å². The Morgan fingerprint density at radius 2 is 2.05 bits per heavy atom. The van der Waals surface area contributed by atoms with Crippen molar-refractivity contribution in [1.82, 2.24) is 10.2 Å². The Morgan fingerprint density at radius 1 is 1.32 bits per heavy atom. The maximum absolute atomic E-state index is 11.9. The largest absolute Gasteiger partial charge is 0.394 e. The zero-order chi connectivity index (χ0) is 16.0. The van der Waals surface area contributed by atoms with Crippen molar-refractivity contribution >= 4 is 11.7 Å². The van der Waals surface area contributed by atoms with Gasteiger partial charge in [0.25, 0.3) is 0 Å².